The predicted octanol–water partition coefficient (Wildman–Crippen LogP) is 3.91. The topological polar surface area (TPSA) is 146 Å². The van der Waals surface area contributed by atoms with E-state index in [1.165, 1.54) is 35.0 Å². The average Bonchev–Trinajstić information content (AvgIpc) is 3.16. The van der Waals surface area contributed by atoms with Crippen molar-refractivity contribution in [3.05, 3.63) is 60.1 Å². The van der Waals surface area contributed by atoms with Gasteiger partial charge in [-0.1, -0.05) is 25.3 Å². The largest absolute Gasteiger partial charge is 0.482 e. The van der Waals surface area contributed by atoms with Gasteiger partial charge in [-0.3, -0.25) is 4.68 Å². The SMILES string of the molecule is C=CC(C(=O)OC)=C(C=C)C(C)Oc1cc(-c2c(CN(C)C(=O)OC(C)(C)C)nn(C)c2C#N)cnc1N. The molecule has 2 N–H and O–H groups in total. The summed E-state index contributed by atoms with van der Waals surface area (Å²) in [5.41, 5.74) is 7.75. The van der Waals surface area contributed by atoms with Gasteiger partial charge in [-0.05, 0) is 33.8 Å². The number of hydrogen-bond acceptors (Lipinski definition) is 9. The van der Waals surface area contributed by atoms with Crippen molar-refractivity contribution in [2.45, 2.75) is 45.9 Å². The Bertz CT molecular complexity index is 1310. The summed E-state index contributed by atoms with van der Waals surface area (Å²) in [7, 11) is 4.48. The van der Waals surface area contributed by atoms with E-state index in [1.807, 2.05) is 0 Å². The Morgan fingerprint density at radius 2 is 1.97 bits per heavy atom. The van der Waals surface area contributed by atoms with Crippen molar-refractivity contribution in [1.29, 1.82) is 5.26 Å². The number of aromatic nitrogens is 3. The third-order valence-electron chi connectivity index (χ3n) is 5.37. The number of aryl methyl sites for hydroxylation is 1. The molecule has 0 saturated carbocycles. The maximum atomic E-state index is 12.5. The van der Waals surface area contributed by atoms with Crippen LogP contribution in [0.5, 0.6) is 5.75 Å². The second kappa shape index (κ2) is 12.1. The Morgan fingerprint density at radius 1 is 1.32 bits per heavy atom. The molecule has 0 fully saturated rings. The van der Waals surface area contributed by atoms with Crippen LogP contribution in [0.1, 0.15) is 39.1 Å². The maximum Gasteiger partial charge on any atom is 0.410 e. The fourth-order valence-corrected chi connectivity index (χ4v) is 3.61. The zero-order chi connectivity index (χ0) is 28.8. The van der Waals surface area contributed by atoms with Crippen LogP contribution in [0.2, 0.25) is 0 Å². The summed E-state index contributed by atoms with van der Waals surface area (Å²) < 4.78 is 17.7. The van der Waals surface area contributed by atoms with Crippen LogP contribution >= 0.6 is 0 Å². The number of nitrogen functional groups attached to an aromatic ring is 1. The highest BCUT2D eigenvalue weighted by molar-refractivity contribution is 5.93. The first-order valence-corrected chi connectivity index (χ1v) is 11.7. The number of methoxy groups -OCH3 is 1. The van der Waals surface area contributed by atoms with Crippen LogP contribution in [-0.2, 0) is 27.9 Å². The van der Waals surface area contributed by atoms with Crippen molar-refractivity contribution >= 4 is 17.9 Å². The van der Waals surface area contributed by atoms with Gasteiger partial charge >= 0.3 is 12.1 Å². The lowest BCUT2D eigenvalue weighted by atomic mass is 10.0. The average molecular weight is 523 g/mol. The molecule has 2 rings (SSSR count). The Morgan fingerprint density at radius 3 is 2.50 bits per heavy atom. The van der Waals surface area contributed by atoms with E-state index in [0.717, 1.165) is 0 Å². The normalized spacial score (nSPS) is 12.5. The van der Waals surface area contributed by atoms with Crippen molar-refractivity contribution in [2.24, 2.45) is 7.05 Å². The van der Waals surface area contributed by atoms with Crippen LogP contribution in [0, 0.1) is 11.3 Å². The summed E-state index contributed by atoms with van der Waals surface area (Å²) in [4.78, 5) is 30.3. The third kappa shape index (κ3) is 6.79. The van der Waals surface area contributed by atoms with Crippen molar-refractivity contribution in [3.8, 4) is 22.9 Å². The van der Waals surface area contributed by atoms with Gasteiger partial charge < -0.3 is 24.8 Å². The van der Waals surface area contributed by atoms with Crippen LogP contribution in [0.25, 0.3) is 11.1 Å². The summed E-state index contributed by atoms with van der Waals surface area (Å²) in [6, 6.07) is 3.77. The molecule has 38 heavy (non-hydrogen) atoms. The van der Waals surface area contributed by atoms with Gasteiger partial charge in [0.25, 0.3) is 0 Å². The monoisotopic (exact) mass is 522 g/mol. The van der Waals surface area contributed by atoms with E-state index in [9.17, 15) is 14.9 Å². The van der Waals surface area contributed by atoms with Gasteiger partial charge in [-0.25, -0.2) is 14.6 Å². The number of carbonyl (C=O) groups excluding carboxylic acids is 2. The predicted molar refractivity (Wildman–Crippen MR) is 143 cm³/mol. The minimum Gasteiger partial charge on any atom is -0.482 e. The quantitative estimate of drug-likeness (QED) is 0.294. The lowest BCUT2D eigenvalue weighted by Crippen LogP contribution is -2.34. The fourth-order valence-electron chi connectivity index (χ4n) is 3.61. The minimum atomic E-state index is -0.680. The number of nitrogens with two attached hydrogens (primary N) is 1. The van der Waals surface area contributed by atoms with Crippen LogP contribution in [0.3, 0.4) is 0 Å². The molecule has 0 saturated heterocycles. The summed E-state index contributed by atoms with van der Waals surface area (Å²) in [5.74, 6) is -0.281. The number of nitrogens with zero attached hydrogens (tertiary/aromatic N) is 5. The second-order valence-electron chi connectivity index (χ2n) is 9.38. The summed E-state index contributed by atoms with van der Waals surface area (Å²) >= 11 is 0. The highest BCUT2D eigenvalue weighted by Crippen LogP contribution is 2.33. The molecule has 0 aliphatic carbocycles. The van der Waals surface area contributed by atoms with E-state index in [-0.39, 0.29) is 29.4 Å². The number of anilines is 1. The Labute approximate surface area is 222 Å². The van der Waals surface area contributed by atoms with Crippen molar-refractivity contribution in [2.75, 3.05) is 19.9 Å². The van der Waals surface area contributed by atoms with Gasteiger partial charge in [0, 0.05) is 37.0 Å². The fraction of sp³-hybridized carbons (Fsp3) is 0.370. The van der Waals surface area contributed by atoms with E-state index < -0.39 is 23.8 Å². The number of carbonyl (C=O) groups is 2. The number of ether oxygens (including phenoxy) is 3. The number of esters is 1. The number of nitriles is 1. The molecule has 202 valence electrons. The maximum absolute atomic E-state index is 12.5. The highest BCUT2D eigenvalue weighted by Gasteiger charge is 2.25. The molecule has 0 aliphatic rings. The molecule has 0 bridgehead atoms. The lowest BCUT2D eigenvalue weighted by molar-refractivity contribution is -0.135. The van der Waals surface area contributed by atoms with Gasteiger partial charge in [0.2, 0.25) is 0 Å². The van der Waals surface area contributed by atoms with Crippen molar-refractivity contribution in [3.63, 3.8) is 0 Å². The van der Waals surface area contributed by atoms with Gasteiger partial charge in [0.05, 0.1) is 24.9 Å². The Hall–Kier alpha value is -4.59. The van der Waals surface area contributed by atoms with Crippen LogP contribution in [0.15, 0.2) is 48.7 Å². The molecule has 0 spiro atoms. The molecule has 2 aromatic heterocycles. The lowest BCUT2D eigenvalue weighted by Gasteiger charge is -2.24. The van der Waals surface area contributed by atoms with E-state index in [4.69, 9.17) is 19.9 Å². The van der Waals surface area contributed by atoms with Gasteiger partial charge in [-0.15, -0.1) is 0 Å². The molecular formula is C27H34N6O5. The number of pyridine rings is 1. The molecule has 11 heteroatoms. The first kappa shape index (κ1) is 29.6. The summed E-state index contributed by atoms with van der Waals surface area (Å²) in [5, 5.41) is 14.3. The van der Waals surface area contributed by atoms with E-state index in [1.54, 1.807) is 47.9 Å². The number of amides is 1. The van der Waals surface area contributed by atoms with Crippen LogP contribution in [-0.4, -0.2) is 57.6 Å². The zero-order valence-electron chi connectivity index (χ0n) is 22.9. The molecular weight excluding hydrogens is 488 g/mol. The minimum absolute atomic E-state index is 0.0713. The molecule has 0 aromatic carbocycles. The Kier molecular flexibility index (Phi) is 9.44. The van der Waals surface area contributed by atoms with Crippen molar-refractivity contribution < 1.29 is 23.8 Å². The molecule has 0 aliphatic heterocycles. The molecule has 11 nitrogen and oxygen atoms in total. The van der Waals surface area contributed by atoms with Crippen LogP contribution in [0.4, 0.5) is 10.6 Å². The molecule has 0 radical (unpaired) electrons. The number of rotatable bonds is 9. The van der Waals surface area contributed by atoms with E-state index in [0.29, 0.717) is 22.4 Å². The molecule has 2 aromatic rings. The third-order valence-corrected chi connectivity index (χ3v) is 5.37. The first-order valence-electron chi connectivity index (χ1n) is 11.7. The van der Waals surface area contributed by atoms with Gasteiger partial charge in [-0.2, -0.15) is 10.4 Å². The van der Waals surface area contributed by atoms with E-state index >= 15 is 0 Å². The standard InChI is InChI=1S/C27H34N6O5/c1-10-18(19(11-2)25(34)36-9)16(3)37-22-12-17(14-30-24(22)29)23-20(31-33(8)21(23)13-28)15-32(7)26(35)38-27(4,5)6/h10-12,14,16H,1-2,15H2,3-9H3,(H2,29,30). The van der Waals surface area contributed by atoms with Gasteiger partial charge in [0.1, 0.15) is 23.5 Å². The number of hydrogen-bond donors (Lipinski definition) is 1. The molecule has 1 unspecified atom stereocenters. The zero-order valence-corrected chi connectivity index (χ0v) is 22.9. The van der Waals surface area contributed by atoms with Crippen molar-refractivity contribution in [1.82, 2.24) is 19.7 Å². The van der Waals surface area contributed by atoms with Gasteiger partial charge in [0.15, 0.2) is 11.6 Å². The molecule has 2 heterocycles. The Balaban J connectivity index is 2.52. The second-order valence-corrected chi connectivity index (χ2v) is 9.38. The summed E-state index contributed by atoms with van der Waals surface area (Å²) in [6.07, 6.45) is 3.12. The first-order chi connectivity index (χ1) is 17.8. The summed E-state index contributed by atoms with van der Waals surface area (Å²) in [6.45, 7) is 14.5. The molecule has 1 atom stereocenters. The highest BCUT2D eigenvalue weighted by atomic mass is 16.6. The van der Waals surface area contributed by atoms with E-state index in [2.05, 4.69) is 29.3 Å². The van der Waals surface area contributed by atoms with Crippen LogP contribution < -0.4 is 10.5 Å². The molecule has 1 amide bonds. The smallest absolute Gasteiger partial charge is 0.410 e.